The second-order valence-electron chi connectivity index (χ2n) is 5.24. The highest BCUT2D eigenvalue weighted by molar-refractivity contribution is 5.81. The first-order valence-electron chi connectivity index (χ1n) is 6.22. The molecule has 0 aromatic carbocycles. The molecule has 1 saturated heterocycles. The topological polar surface area (TPSA) is 53.2 Å². The molecule has 0 aliphatic carbocycles. The van der Waals surface area contributed by atoms with Crippen LogP contribution >= 0.6 is 0 Å². The molecule has 4 heteroatoms. The van der Waals surface area contributed by atoms with Crippen LogP contribution in [0.3, 0.4) is 0 Å². The Morgan fingerprint density at radius 2 is 2.19 bits per heavy atom. The van der Waals surface area contributed by atoms with Crippen molar-refractivity contribution in [2.75, 3.05) is 26.7 Å². The molecule has 0 radical (unpaired) electrons. The Balaban J connectivity index is 2.20. The Morgan fingerprint density at radius 1 is 1.44 bits per heavy atom. The van der Waals surface area contributed by atoms with E-state index in [2.05, 4.69) is 16.0 Å². The van der Waals surface area contributed by atoms with E-state index in [1.54, 1.807) is 7.05 Å². The lowest BCUT2D eigenvalue weighted by Crippen LogP contribution is -2.47. The van der Waals surface area contributed by atoms with Crippen LogP contribution in [0.4, 0.5) is 0 Å². The lowest BCUT2D eigenvalue weighted by Gasteiger charge is -2.27. The summed E-state index contributed by atoms with van der Waals surface area (Å²) >= 11 is 0. The van der Waals surface area contributed by atoms with Crippen LogP contribution in [0.1, 0.15) is 33.1 Å². The largest absolute Gasteiger partial charge is 0.359 e. The molecular weight excluding hydrogens is 202 g/mol. The highest BCUT2D eigenvalue weighted by Crippen LogP contribution is 2.13. The highest BCUT2D eigenvalue weighted by Gasteiger charge is 2.26. The Bertz CT molecular complexity index is 222. The molecule has 3 N–H and O–H groups in total. The molecule has 0 aromatic rings. The van der Waals surface area contributed by atoms with Gasteiger partial charge in [-0.25, -0.2) is 0 Å². The van der Waals surface area contributed by atoms with Gasteiger partial charge >= 0.3 is 0 Å². The quantitative estimate of drug-likeness (QED) is 0.641. The van der Waals surface area contributed by atoms with Crippen LogP contribution < -0.4 is 16.0 Å². The van der Waals surface area contributed by atoms with Crippen molar-refractivity contribution in [3.63, 3.8) is 0 Å². The second-order valence-corrected chi connectivity index (χ2v) is 5.24. The van der Waals surface area contributed by atoms with E-state index in [0.717, 1.165) is 19.6 Å². The normalized spacial score (nSPS) is 21.8. The molecule has 1 atom stereocenters. The van der Waals surface area contributed by atoms with Crippen LogP contribution in [0.5, 0.6) is 0 Å². The Labute approximate surface area is 98.6 Å². The molecule has 1 heterocycles. The van der Waals surface area contributed by atoms with Gasteiger partial charge in [-0.05, 0) is 33.2 Å². The summed E-state index contributed by atoms with van der Waals surface area (Å²) in [4.78, 5) is 11.5. The maximum atomic E-state index is 11.5. The Kier molecular flexibility index (Phi) is 5.22. The fraction of sp³-hybridized carbons (Fsp3) is 0.917. The van der Waals surface area contributed by atoms with Gasteiger partial charge in [-0.15, -0.1) is 0 Å². The number of carbonyl (C=O) groups excluding carboxylic acids is 1. The first-order valence-corrected chi connectivity index (χ1v) is 6.22. The number of hydrogen-bond acceptors (Lipinski definition) is 3. The van der Waals surface area contributed by atoms with E-state index in [4.69, 9.17) is 0 Å². The van der Waals surface area contributed by atoms with E-state index >= 15 is 0 Å². The number of hydrogen-bond donors (Lipinski definition) is 3. The number of piperidine rings is 1. The maximum absolute atomic E-state index is 11.5. The summed E-state index contributed by atoms with van der Waals surface area (Å²) < 4.78 is 0. The van der Waals surface area contributed by atoms with Crippen molar-refractivity contribution in [1.29, 1.82) is 0 Å². The SMILES string of the molecule is CNC(=O)C(C)(C)CNCC1CCCCN1. The minimum absolute atomic E-state index is 0.0941. The van der Waals surface area contributed by atoms with Crippen LogP contribution in [0.25, 0.3) is 0 Å². The molecule has 1 fully saturated rings. The van der Waals surface area contributed by atoms with Gasteiger partial charge in [0.1, 0.15) is 0 Å². The van der Waals surface area contributed by atoms with Crippen molar-refractivity contribution in [3.05, 3.63) is 0 Å². The van der Waals surface area contributed by atoms with E-state index in [1.807, 2.05) is 13.8 Å². The molecular formula is C12H25N3O. The number of amides is 1. The molecule has 0 saturated carbocycles. The van der Waals surface area contributed by atoms with Crippen LogP contribution in [-0.4, -0.2) is 38.6 Å². The van der Waals surface area contributed by atoms with Crippen LogP contribution in [0.2, 0.25) is 0 Å². The number of nitrogens with one attached hydrogen (secondary N) is 3. The van der Waals surface area contributed by atoms with Crippen LogP contribution in [-0.2, 0) is 4.79 Å². The van der Waals surface area contributed by atoms with Gasteiger partial charge in [-0.3, -0.25) is 4.79 Å². The summed E-state index contributed by atoms with van der Waals surface area (Å²) in [5, 5.41) is 9.57. The molecule has 1 unspecified atom stereocenters. The summed E-state index contributed by atoms with van der Waals surface area (Å²) in [5.41, 5.74) is -0.330. The monoisotopic (exact) mass is 227 g/mol. The van der Waals surface area contributed by atoms with E-state index in [0.29, 0.717) is 6.04 Å². The van der Waals surface area contributed by atoms with Gasteiger partial charge < -0.3 is 16.0 Å². The summed E-state index contributed by atoms with van der Waals surface area (Å²) in [7, 11) is 1.69. The predicted octanol–water partition coefficient (Wildman–Crippen LogP) is 0.490. The molecule has 1 amide bonds. The fourth-order valence-corrected chi connectivity index (χ4v) is 2.08. The average molecular weight is 227 g/mol. The molecule has 0 aromatic heterocycles. The number of carbonyl (C=O) groups is 1. The average Bonchev–Trinajstić information content (AvgIpc) is 2.29. The maximum Gasteiger partial charge on any atom is 0.226 e. The standard InChI is InChI=1S/C12H25N3O/c1-12(2,11(16)13-3)9-14-8-10-6-4-5-7-15-10/h10,14-15H,4-9H2,1-3H3,(H,13,16). The summed E-state index contributed by atoms with van der Waals surface area (Å²) in [5.74, 6) is 0.0941. The first-order chi connectivity index (χ1) is 7.56. The first kappa shape index (κ1) is 13.5. The van der Waals surface area contributed by atoms with Crippen LogP contribution in [0.15, 0.2) is 0 Å². The lowest BCUT2D eigenvalue weighted by molar-refractivity contribution is -0.128. The van der Waals surface area contributed by atoms with E-state index in [9.17, 15) is 4.79 Å². The Hall–Kier alpha value is -0.610. The lowest BCUT2D eigenvalue weighted by atomic mass is 9.92. The number of rotatable bonds is 5. The fourth-order valence-electron chi connectivity index (χ4n) is 2.08. The minimum Gasteiger partial charge on any atom is -0.359 e. The zero-order valence-electron chi connectivity index (χ0n) is 10.7. The minimum atomic E-state index is -0.330. The van der Waals surface area contributed by atoms with Gasteiger partial charge in [0.2, 0.25) is 5.91 Å². The van der Waals surface area contributed by atoms with Gasteiger partial charge in [0.15, 0.2) is 0 Å². The van der Waals surface area contributed by atoms with Crippen molar-refractivity contribution < 1.29 is 4.79 Å². The molecule has 94 valence electrons. The second kappa shape index (κ2) is 6.21. The third-order valence-electron chi connectivity index (χ3n) is 3.21. The summed E-state index contributed by atoms with van der Waals surface area (Å²) in [6.45, 7) is 6.75. The molecule has 1 aliphatic rings. The van der Waals surface area contributed by atoms with Gasteiger partial charge in [-0.1, -0.05) is 6.42 Å². The van der Waals surface area contributed by atoms with Gasteiger partial charge in [0.05, 0.1) is 5.41 Å². The van der Waals surface area contributed by atoms with Crippen molar-refractivity contribution in [2.24, 2.45) is 5.41 Å². The van der Waals surface area contributed by atoms with E-state index in [1.165, 1.54) is 19.3 Å². The molecule has 16 heavy (non-hydrogen) atoms. The van der Waals surface area contributed by atoms with Crippen molar-refractivity contribution in [3.8, 4) is 0 Å². The van der Waals surface area contributed by atoms with E-state index in [-0.39, 0.29) is 11.3 Å². The van der Waals surface area contributed by atoms with Crippen molar-refractivity contribution in [1.82, 2.24) is 16.0 Å². The third kappa shape index (κ3) is 4.10. The molecule has 1 rings (SSSR count). The predicted molar refractivity (Wildman–Crippen MR) is 66.4 cm³/mol. The summed E-state index contributed by atoms with van der Waals surface area (Å²) in [6.07, 6.45) is 3.85. The smallest absolute Gasteiger partial charge is 0.226 e. The zero-order valence-corrected chi connectivity index (χ0v) is 10.7. The zero-order chi connectivity index (χ0) is 12.0. The molecule has 1 aliphatic heterocycles. The molecule has 0 spiro atoms. The van der Waals surface area contributed by atoms with Gasteiger partial charge in [0.25, 0.3) is 0 Å². The van der Waals surface area contributed by atoms with Gasteiger partial charge in [-0.2, -0.15) is 0 Å². The van der Waals surface area contributed by atoms with Crippen molar-refractivity contribution >= 4 is 5.91 Å². The van der Waals surface area contributed by atoms with Crippen molar-refractivity contribution in [2.45, 2.75) is 39.2 Å². The highest BCUT2D eigenvalue weighted by atomic mass is 16.2. The van der Waals surface area contributed by atoms with Gasteiger partial charge in [0, 0.05) is 26.2 Å². The summed E-state index contributed by atoms with van der Waals surface area (Å²) in [6, 6.07) is 0.578. The third-order valence-corrected chi connectivity index (χ3v) is 3.21. The molecule has 0 bridgehead atoms. The van der Waals surface area contributed by atoms with Crippen LogP contribution in [0, 0.1) is 5.41 Å². The van der Waals surface area contributed by atoms with E-state index < -0.39 is 0 Å². The Morgan fingerprint density at radius 3 is 2.75 bits per heavy atom. The molecule has 4 nitrogen and oxygen atoms in total.